The monoisotopic (exact) mass is 437 g/mol. The zero-order chi connectivity index (χ0) is 21.7. The summed E-state index contributed by atoms with van der Waals surface area (Å²) in [6, 6.07) is 9.86. The Labute approximate surface area is 179 Å². The topological polar surface area (TPSA) is 85.5 Å². The van der Waals surface area contributed by atoms with Crippen LogP contribution in [0, 0.1) is 12.7 Å². The number of aromatic nitrogens is 2. The minimum Gasteiger partial charge on any atom is -0.494 e. The first kappa shape index (κ1) is 19.4. The molecular weight excluding hydrogens is 421 g/mol. The SMILES string of the molecule is CCOc1ccc2c(=O)c3c(oc2c1)C(=O)N(c1nnc(C)s1)C3c1ccccc1F. The maximum Gasteiger partial charge on any atom is 0.297 e. The van der Waals surface area contributed by atoms with Gasteiger partial charge in [-0.05, 0) is 32.0 Å². The van der Waals surface area contributed by atoms with Crippen molar-refractivity contribution in [2.45, 2.75) is 19.9 Å². The molecule has 1 atom stereocenters. The fourth-order valence-corrected chi connectivity index (χ4v) is 4.49. The van der Waals surface area contributed by atoms with Gasteiger partial charge in [0.05, 0.1) is 17.6 Å². The molecule has 156 valence electrons. The summed E-state index contributed by atoms with van der Waals surface area (Å²) in [7, 11) is 0. The van der Waals surface area contributed by atoms with E-state index in [1.54, 1.807) is 43.3 Å². The number of anilines is 1. The van der Waals surface area contributed by atoms with Gasteiger partial charge in [-0.3, -0.25) is 14.5 Å². The number of rotatable bonds is 4. The smallest absolute Gasteiger partial charge is 0.297 e. The fraction of sp³-hybridized carbons (Fsp3) is 0.182. The Hall–Kier alpha value is -3.59. The van der Waals surface area contributed by atoms with Crippen molar-refractivity contribution in [2.75, 3.05) is 11.5 Å². The van der Waals surface area contributed by atoms with Gasteiger partial charge in [0.25, 0.3) is 5.91 Å². The number of halogens is 1. The predicted molar refractivity (Wildman–Crippen MR) is 113 cm³/mol. The number of fused-ring (bicyclic) bond motifs is 2. The number of hydrogen-bond donors (Lipinski definition) is 0. The van der Waals surface area contributed by atoms with E-state index >= 15 is 0 Å². The molecule has 4 aromatic rings. The first-order valence-corrected chi connectivity index (χ1v) is 10.4. The summed E-state index contributed by atoms with van der Waals surface area (Å²) >= 11 is 1.18. The fourth-order valence-electron chi connectivity index (χ4n) is 3.78. The van der Waals surface area contributed by atoms with E-state index in [0.717, 1.165) is 0 Å². The molecule has 1 unspecified atom stereocenters. The van der Waals surface area contributed by atoms with Crippen molar-refractivity contribution in [3.8, 4) is 5.75 Å². The van der Waals surface area contributed by atoms with Crippen molar-refractivity contribution in [2.24, 2.45) is 0 Å². The van der Waals surface area contributed by atoms with Crippen LogP contribution in [0.25, 0.3) is 11.0 Å². The van der Waals surface area contributed by atoms with E-state index in [9.17, 15) is 14.0 Å². The van der Waals surface area contributed by atoms with Crippen molar-refractivity contribution in [3.05, 3.63) is 80.4 Å². The molecular formula is C22H16FN3O4S. The van der Waals surface area contributed by atoms with E-state index < -0.39 is 23.2 Å². The molecule has 0 spiro atoms. The third-order valence-corrected chi connectivity index (χ3v) is 5.91. The summed E-state index contributed by atoms with van der Waals surface area (Å²) < 4.78 is 26.2. The van der Waals surface area contributed by atoms with Crippen LogP contribution in [-0.4, -0.2) is 22.7 Å². The van der Waals surface area contributed by atoms with E-state index in [-0.39, 0.29) is 33.0 Å². The molecule has 0 N–H and O–H groups in total. The zero-order valence-corrected chi connectivity index (χ0v) is 17.4. The number of nitrogens with zero attached hydrogens (tertiary/aromatic N) is 3. The quantitative estimate of drug-likeness (QED) is 0.475. The normalized spacial score (nSPS) is 15.5. The molecule has 1 aliphatic rings. The second-order valence-corrected chi connectivity index (χ2v) is 8.13. The van der Waals surface area contributed by atoms with Gasteiger partial charge >= 0.3 is 0 Å². The summed E-state index contributed by atoms with van der Waals surface area (Å²) in [5.74, 6) is -0.719. The van der Waals surface area contributed by atoms with E-state index in [2.05, 4.69) is 10.2 Å². The molecule has 7 nitrogen and oxygen atoms in total. The minimum atomic E-state index is -1.01. The van der Waals surface area contributed by atoms with Crippen LogP contribution in [0.3, 0.4) is 0 Å². The molecule has 1 amide bonds. The summed E-state index contributed by atoms with van der Waals surface area (Å²) in [5.41, 5.74) is 0.0925. The highest BCUT2D eigenvalue weighted by Crippen LogP contribution is 2.42. The summed E-state index contributed by atoms with van der Waals surface area (Å²) in [5, 5.41) is 9.22. The van der Waals surface area contributed by atoms with Crippen LogP contribution in [0.4, 0.5) is 9.52 Å². The highest BCUT2D eigenvalue weighted by Gasteiger charge is 2.46. The molecule has 2 aromatic carbocycles. The highest BCUT2D eigenvalue weighted by molar-refractivity contribution is 7.15. The van der Waals surface area contributed by atoms with E-state index in [1.165, 1.54) is 22.3 Å². The highest BCUT2D eigenvalue weighted by atomic mass is 32.1. The first-order chi connectivity index (χ1) is 15.0. The van der Waals surface area contributed by atoms with Crippen LogP contribution in [0.1, 0.15) is 39.7 Å². The Bertz CT molecular complexity index is 1400. The van der Waals surface area contributed by atoms with Crippen LogP contribution >= 0.6 is 11.3 Å². The largest absolute Gasteiger partial charge is 0.494 e. The summed E-state index contributed by atoms with van der Waals surface area (Å²) in [6.45, 7) is 4.03. The third kappa shape index (κ3) is 3.00. The van der Waals surface area contributed by atoms with Crippen LogP contribution in [0.5, 0.6) is 5.75 Å². The number of carbonyl (C=O) groups is 1. The standard InChI is InChI=1S/C22H16FN3O4S/c1-3-29-12-8-9-14-16(10-12)30-20-17(19(14)27)18(13-6-4-5-7-15(13)23)26(21(20)28)22-25-24-11(2)31-22/h4-10,18H,3H2,1-2H3. The molecule has 3 heterocycles. The Kier molecular flexibility index (Phi) is 4.55. The Morgan fingerprint density at radius 2 is 2.00 bits per heavy atom. The Morgan fingerprint density at radius 3 is 2.71 bits per heavy atom. The van der Waals surface area contributed by atoms with Gasteiger partial charge < -0.3 is 9.15 Å². The van der Waals surface area contributed by atoms with Crippen molar-refractivity contribution in [1.82, 2.24) is 10.2 Å². The molecule has 0 saturated heterocycles. The lowest BCUT2D eigenvalue weighted by atomic mass is 9.98. The van der Waals surface area contributed by atoms with Gasteiger partial charge in [0, 0.05) is 11.6 Å². The molecule has 0 bridgehead atoms. The second kappa shape index (κ2) is 7.28. The van der Waals surface area contributed by atoms with Gasteiger partial charge in [0.15, 0.2) is 5.43 Å². The molecule has 9 heteroatoms. The van der Waals surface area contributed by atoms with Gasteiger partial charge in [-0.15, -0.1) is 10.2 Å². The van der Waals surface area contributed by atoms with Gasteiger partial charge in [0.1, 0.15) is 28.2 Å². The van der Waals surface area contributed by atoms with E-state index in [1.807, 2.05) is 6.92 Å². The molecule has 0 fully saturated rings. The lowest BCUT2D eigenvalue weighted by Crippen LogP contribution is -2.30. The van der Waals surface area contributed by atoms with Crippen LogP contribution < -0.4 is 15.1 Å². The number of ether oxygens (including phenoxy) is 1. The number of carbonyl (C=O) groups excluding carboxylic acids is 1. The van der Waals surface area contributed by atoms with E-state index in [4.69, 9.17) is 9.15 Å². The zero-order valence-electron chi connectivity index (χ0n) is 16.6. The Morgan fingerprint density at radius 1 is 1.19 bits per heavy atom. The number of aryl methyl sites for hydroxylation is 1. The lowest BCUT2D eigenvalue weighted by molar-refractivity contribution is 0.0970. The van der Waals surface area contributed by atoms with Gasteiger partial charge in [-0.25, -0.2) is 4.39 Å². The molecule has 1 aliphatic heterocycles. The average Bonchev–Trinajstić information content (AvgIpc) is 3.30. The number of hydrogen-bond acceptors (Lipinski definition) is 7. The third-order valence-electron chi connectivity index (χ3n) is 5.08. The van der Waals surface area contributed by atoms with Crippen molar-refractivity contribution >= 4 is 33.3 Å². The molecule has 2 aromatic heterocycles. The average molecular weight is 437 g/mol. The Balaban J connectivity index is 1.80. The van der Waals surface area contributed by atoms with Crippen molar-refractivity contribution in [3.63, 3.8) is 0 Å². The molecule has 5 rings (SSSR count). The molecule has 0 aliphatic carbocycles. The number of benzene rings is 2. The van der Waals surface area contributed by atoms with E-state index in [0.29, 0.717) is 17.4 Å². The maximum absolute atomic E-state index is 14.8. The van der Waals surface area contributed by atoms with Gasteiger partial charge in [-0.2, -0.15) is 0 Å². The van der Waals surface area contributed by atoms with Crippen LogP contribution in [-0.2, 0) is 0 Å². The van der Waals surface area contributed by atoms with Crippen molar-refractivity contribution < 1.29 is 18.3 Å². The lowest BCUT2D eigenvalue weighted by Gasteiger charge is -2.22. The number of amides is 1. The predicted octanol–water partition coefficient (Wildman–Crippen LogP) is 4.24. The molecule has 0 saturated carbocycles. The van der Waals surface area contributed by atoms with Crippen LogP contribution in [0.15, 0.2) is 51.7 Å². The van der Waals surface area contributed by atoms with Crippen LogP contribution in [0.2, 0.25) is 0 Å². The summed E-state index contributed by atoms with van der Waals surface area (Å²) in [6.07, 6.45) is 0. The second-order valence-electron chi connectivity index (χ2n) is 6.97. The van der Waals surface area contributed by atoms with Gasteiger partial charge in [0.2, 0.25) is 10.9 Å². The van der Waals surface area contributed by atoms with Crippen molar-refractivity contribution in [1.29, 1.82) is 0 Å². The minimum absolute atomic E-state index is 0.0830. The van der Waals surface area contributed by atoms with Gasteiger partial charge in [-0.1, -0.05) is 29.5 Å². The maximum atomic E-state index is 14.8. The summed E-state index contributed by atoms with van der Waals surface area (Å²) in [4.78, 5) is 28.1. The first-order valence-electron chi connectivity index (χ1n) is 9.61. The molecule has 31 heavy (non-hydrogen) atoms. The molecule has 0 radical (unpaired) electrons.